The molecular formula is C21H33N3O3S. The van der Waals surface area contributed by atoms with Crippen molar-refractivity contribution in [3.63, 3.8) is 0 Å². The van der Waals surface area contributed by atoms with Gasteiger partial charge in [0.25, 0.3) is 0 Å². The summed E-state index contributed by atoms with van der Waals surface area (Å²) in [4.78, 5) is 15.1. The molecule has 3 rings (SSSR count). The molecule has 6 nitrogen and oxygen atoms in total. The molecule has 1 saturated heterocycles. The van der Waals surface area contributed by atoms with E-state index in [0.717, 1.165) is 24.3 Å². The van der Waals surface area contributed by atoms with Crippen molar-refractivity contribution in [2.24, 2.45) is 5.92 Å². The van der Waals surface area contributed by atoms with E-state index >= 15 is 0 Å². The molecule has 1 N–H and O–H groups in total. The molecule has 156 valence electrons. The van der Waals surface area contributed by atoms with Crippen LogP contribution in [0.4, 0.5) is 0 Å². The number of nitrogens with one attached hydrogen (secondary N) is 1. The maximum atomic E-state index is 12.8. The number of nitrogens with zero attached hydrogens (tertiary/aromatic N) is 2. The molecule has 1 aliphatic heterocycles. The molecule has 2 fully saturated rings. The second-order valence-corrected chi connectivity index (χ2v) is 10.3. The molecule has 1 aliphatic carbocycles. The first-order valence-electron chi connectivity index (χ1n) is 10.4. The number of rotatable bonds is 5. The SMILES string of the molecule is Cc1ccc(S(=O)(=O)N2CCN(C(C)C(=O)NC3CCC(C)CC3)CC2)cc1. The second-order valence-electron chi connectivity index (χ2n) is 8.39. The van der Waals surface area contributed by atoms with E-state index in [-0.39, 0.29) is 18.0 Å². The summed E-state index contributed by atoms with van der Waals surface area (Å²) in [5.41, 5.74) is 1.04. The normalized spacial score (nSPS) is 26.0. The van der Waals surface area contributed by atoms with Gasteiger partial charge in [0.2, 0.25) is 15.9 Å². The van der Waals surface area contributed by atoms with E-state index in [1.165, 1.54) is 17.1 Å². The molecule has 28 heavy (non-hydrogen) atoms. The van der Waals surface area contributed by atoms with Crippen molar-refractivity contribution in [3.05, 3.63) is 29.8 Å². The Morgan fingerprint density at radius 1 is 1.04 bits per heavy atom. The van der Waals surface area contributed by atoms with E-state index in [1.54, 1.807) is 12.1 Å². The fourth-order valence-electron chi connectivity index (χ4n) is 4.08. The minimum Gasteiger partial charge on any atom is -0.352 e. The molecule has 0 bridgehead atoms. The zero-order valence-corrected chi connectivity index (χ0v) is 18.0. The minimum absolute atomic E-state index is 0.0643. The number of sulfonamides is 1. The fourth-order valence-corrected chi connectivity index (χ4v) is 5.50. The Kier molecular flexibility index (Phi) is 6.78. The Labute approximate surface area is 169 Å². The number of hydrogen-bond acceptors (Lipinski definition) is 4. The van der Waals surface area contributed by atoms with Gasteiger partial charge in [0.05, 0.1) is 10.9 Å². The maximum absolute atomic E-state index is 12.8. The van der Waals surface area contributed by atoms with Gasteiger partial charge in [-0.15, -0.1) is 0 Å². The van der Waals surface area contributed by atoms with Gasteiger partial charge < -0.3 is 5.32 Å². The minimum atomic E-state index is -3.47. The van der Waals surface area contributed by atoms with Crippen molar-refractivity contribution in [2.45, 2.75) is 63.4 Å². The van der Waals surface area contributed by atoms with Crippen LogP contribution in [0.1, 0.15) is 45.1 Å². The van der Waals surface area contributed by atoms with E-state index in [1.807, 2.05) is 26.0 Å². The average Bonchev–Trinajstić information content (AvgIpc) is 2.69. The number of carbonyl (C=O) groups excluding carboxylic acids is 1. The van der Waals surface area contributed by atoms with Crippen LogP contribution in [-0.2, 0) is 14.8 Å². The summed E-state index contributed by atoms with van der Waals surface area (Å²) >= 11 is 0. The van der Waals surface area contributed by atoms with Crippen LogP contribution in [0.25, 0.3) is 0 Å². The highest BCUT2D eigenvalue weighted by Gasteiger charge is 2.32. The van der Waals surface area contributed by atoms with E-state index in [0.29, 0.717) is 31.1 Å². The standard InChI is InChI=1S/C21H33N3O3S/c1-16-4-8-19(9-5-16)22-21(25)18(3)23-12-14-24(15-13-23)28(26,27)20-10-6-17(2)7-11-20/h6-7,10-11,16,18-19H,4-5,8-9,12-15H2,1-3H3,(H,22,25). The van der Waals surface area contributed by atoms with Crippen LogP contribution in [0.3, 0.4) is 0 Å². The first-order valence-corrected chi connectivity index (χ1v) is 11.8. The fraction of sp³-hybridized carbons (Fsp3) is 0.667. The summed E-state index contributed by atoms with van der Waals surface area (Å²) in [6.07, 6.45) is 4.47. The number of hydrogen-bond donors (Lipinski definition) is 1. The molecule has 1 aromatic rings. The summed E-state index contributed by atoms with van der Waals surface area (Å²) in [6, 6.07) is 7.03. The first-order chi connectivity index (χ1) is 13.3. The quantitative estimate of drug-likeness (QED) is 0.814. The summed E-state index contributed by atoms with van der Waals surface area (Å²) in [5.74, 6) is 0.823. The van der Waals surface area contributed by atoms with Crippen LogP contribution in [0.15, 0.2) is 29.2 Å². The number of piperazine rings is 1. The van der Waals surface area contributed by atoms with Crippen LogP contribution >= 0.6 is 0 Å². The largest absolute Gasteiger partial charge is 0.352 e. The van der Waals surface area contributed by atoms with Crippen LogP contribution in [0.2, 0.25) is 0 Å². The monoisotopic (exact) mass is 407 g/mol. The van der Waals surface area contributed by atoms with Crippen LogP contribution in [0.5, 0.6) is 0 Å². The zero-order valence-electron chi connectivity index (χ0n) is 17.2. The molecule has 0 spiro atoms. The predicted molar refractivity (Wildman–Crippen MR) is 111 cm³/mol. The Hall–Kier alpha value is -1.44. The lowest BCUT2D eigenvalue weighted by Crippen LogP contribution is -2.56. The van der Waals surface area contributed by atoms with Crippen molar-refractivity contribution >= 4 is 15.9 Å². The molecule has 1 saturated carbocycles. The molecule has 1 aromatic carbocycles. The van der Waals surface area contributed by atoms with Gasteiger partial charge in [-0.1, -0.05) is 24.6 Å². The number of carbonyl (C=O) groups is 1. The summed E-state index contributed by atoms with van der Waals surface area (Å²) in [6.45, 7) is 8.09. The maximum Gasteiger partial charge on any atom is 0.243 e. The molecule has 1 heterocycles. The highest BCUT2D eigenvalue weighted by atomic mass is 32.2. The first kappa shape index (κ1) is 21.3. The zero-order chi connectivity index (χ0) is 20.3. The van der Waals surface area contributed by atoms with Gasteiger partial charge in [0.1, 0.15) is 0 Å². The Bertz CT molecular complexity index is 763. The van der Waals surface area contributed by atoms with Crippen molar-refractivity contribution in [1.82, 2.24) is 14.5 Å². The molecule has 0 aromatic heterocycles. The van der Waals surface area contributed by atoms with Crippen LogP contribution in [0, 0.1) is 12.8 Å². The average molecular weight is 408 g/mol. The topological polar surface area (TPSA) is 69.7 Å². The number of benzene rings is 1. The second kappa shape index (κ2) is 8.93. The van der Waals surface area contributed by atoms with Crippen molar-refractivity contribution in [1.29, 1.82) is 0 Å². The number of amides is 1. The van der Waals surface area contributed by atoms with Gasteiger partial charge in [0, 0.05) is 32.2 Å². The van der Waals surface area contributed by atoms with E-state index in [2.05, 4.69) is 17.1 Å². The summed E-state index contributed by atoms with van der Waals surface area (Å²) in [7, 11) is -3.47. The van der Waals surface area contributed by atoms with Gasteiger partial charge in [-0.3, -0.25) is 9.69 Å². The third-order valence-corrected chi connectivity index (χ3v) is 8.13. The van der Waals surface area contributed by atoms with E-state index in [9.17, 15) is 13.2 Å². The molecule has 0 radical (unpaired) electrons. The highest BCUT2D eigenvalue weighted by molar-refractivity contribution is 7.89. The Morgan fingerprint density at radius 2 is 1.61 bits per heavy atom. The van der Waals surface area contributed by atoms with Crippen molar-refractivity contribution < 1.29 is 13.2 Å². The summed E-state index contributed by atoms with van der Waals surface area (Å²) in [5, 5.41) is 3.20. The van der Waals surface area contributed by atoms with E-state index in [4.69, 9.17) is 0 Å². The Balaban J connectivity index is 1.52. The van der Waals surface area contributed by atoms with Gasteiger partial charge in [-0.25, -0.2) is 8.42 Å². The van der Waals surface area contributed by atoms with Crippen LogP contribution in [-0.4, -0.2) is 61.8 Å². The van der Waals surface area contributed by atoms with Gasteiger partial charge in [-0.2, -0.15) is 4.31 Å². The number of aryl methyl sites for hydroxylation is 1. The lowest BCUT2D eigenvalue weighted by Gasteiger charge is -2.37. The highest BCUT2D eigenvalue weighted by Crippen LogP contribution is 2.24. The third-order valence-electron chi connectivity index (χ3n) is 6.22. The van der Waals surface area contributed by atoms with Crippen LogP contribution < -0.4 is 5.32 Å². The van der Waals surface area contributed by atoms with Gasteiger partial charge in [0.15, 0.2) is 0 Å². The molecule has 1 unspecified atom stereocenters. The van der Waals surface area contributed by atoms with Crippen molar-refractivity contribution in [3.8, 4) is 0 Å². The lowest BCUT2D eigenvalue weighted by atomic mass is 9.87. The molecular weight excluding hydrogens is 374 g/mol. The molecule has 1 atom stereocenters. The van der Waals surface area contributed by atoms with Gasteiger partial charge in [-0.05, 0) is 57.6 Å². The summed E-state index contributed by atoms with van der Waals surface area (Å²) < 4.78 is 27.2. The third kappa shape index (κ3) is 4.93. The molecule has 1 amide bonds. The van der Waals surface area contributed by atoms with Gasteiger partial charge >= 0.3 is 0 Å². The Morgan fingerprint density at radius 3 is 2.18 bits per heavy atom. The van der Waals surface area contributed by atoms with Crippen molar-refractivity contribution in [2.75, 3.05) is 26.2 Å². The molecule has 7 heteroatoms. The lowest BCUT2D eigenvalue weighted by molar-refractivity contribution is -0.127. The van der Waals surface area contributed by atoms with E-state index < -0.39 is 10.0 Å². The smallest absolute Gasteiger partial charge is 0.243 e. The predicted octanol–water partition coefficient (Wildman–Crippen LogP) is 2.38. The molecule has 2 aliphatic rings.